The van der Waals surface area contributed by atoms with E-state index in [0.717, 1.165) is 12.8 Å². The summed E-state index contributed by atoms with van der Waals surface area (Å²) >= 11 is 0. The minimum absolute atomic E-state index is 0. The second-order valence-electron chi connectivity index (χ2n) is 2.31. The number of hydrogen-bond acceptors (Lipinski definition) is 2. The molecule has 4 nitrogen and oxygen atoms in total. The van der Waals surface area contributed by atoms with Gasteiger partial charge >= 0.3 is 0 Å². The molecule has 12 heavy (non-hydrogen) atoms. The molecule has 0 atom stereocenters. The van der Waals surface area contributed by atoms with Crippen molar-refractivity contribution >= 4 is 24.1 Å². The lowest BCUT2D eigenvalue weighted by Crippen LogP contribution is -2.09. The molecule has 0 fully saturated rings. The zero-order valence-electron chi connectivity index (χ0n) is 6.92. The lowest BCUT2D eigenvalue weighted by Gasteiger charge is -2.01. The lowest BCUT2D eigenvalue weighted by molar-refractivity contribution is 0.980. The summed E-state index contributed by atoms with van der Waals surface area (Å²) in [6, 6.07) is 1.80. The van der Waals surface area contributed by atoms with Crippen molar-refractivity contribution in [1.29, 1.82) is 5.41 Å². The number of nitrogens with zero attached hydrogens (tertiary/aromatic N) is 1. The molecular formula is C7H13ClN4. The van der Waals surface area contributed by atoms with E-state index >= 15 is 0 Å². The highest BCUT2D eigenvalue weighted by molar-refractivity contribution is 5.91. The monoisotopic (exact) mass is 188 g/mol. The summed E-state index contributed by atoms with van der Waals surface area (Å²) in [6.45, 7) is 2.04. The molecule has 0 unspecified atom stereocenters. The van der Waals surface area contributed by atoms with Crippen LogP contribution in [0.15, 0.2) is 12.3 Å². The molecule has 0 aliphatic carbocycles. The first kappa shape index (κ1) is 11.0. The van der Waals surface area contributed by atoms with Crippen LogP contribution in [0.3, 0.4) is 0 Å². The minimum atomic E-state index is 0. The fourth-order valence-electron chi connectivity index (χ4n) is 0.797. The van der Waals surface area contributed by atoms with Crippen LogP contribution in [-0.4, -0.2) is 16.0 Å². The molecular weight excluding hydrogens is 176 g/mol. The Bertz CT molecular complexity index is 219. The predicted octanol–water partition coefficient (Wildman–Crippen LogP) is 2.02. The fourth-order valence-corrected chi connectivity index (χ4v) is 0.797. The SMILES string of the molecule is CCCC(=N)Nc1cc[nH]n1.Cl. The zero-order chi connectivity index (χ0) is 8.10. The third-order valence-electron chi connectivity index (χ3n) is 1.28. The second kappa shape index (κ2) is 5.60. The molecule has 0 aliphatic rings. The molecule has 68 valence electrons. The molecule has 3 N–H and O–H groups in total. The quantitative estimate of drug-likeness (QED) is 0.502. The number of halogens is 1. The van der Waals surface area contributed by atoms with Crippen LogP contribution in [0.1, 0.15) is 19.8 Å². The number of rotatable bonds is 3. The van der Waals surface area contributed by atoms with Gasteiger partial charge in [0.25, 0.3) is 0 Å². The maximum atomic E-state index is 7.40. The van der Waals surface area contributed by atoms with Crippen LogP contribution in [0.25, 0.3) is 0 Å². The first-order valence-electron chi connectivity index (χ1n) is 3.67. The third kappa shape index (κ3) is 3.39. The van der Waals surface area contributed by atoms with Crippen LogP contribution in [-0.2, 0) is 0 Å². The highest BCUT2D eigenvalue weighted by Gasteiger charge is 1.96. The first-order chi connectivity index (χ1) is 5.33. The molecule has 0 aromatic carbocycles. The van der Waals surface area contributed by atoms with E-state index in [9.17, 15) is 0 Å². The van der Waals surface area contributed by atoms with Gasteiger partial charge in [0, 0.05) is 18.7 Å². The molecule has 0 aliphatic heterocycles. The van der Waals surface area contributed by atoms with Crippen molar-refractivity contribution in [2.75, 3.05) is 5.32 Å². The van der Waals surface area contributed by atoms with Gasteiger partial charge in [-0.2, -0.15) is 5.10 Å². The van der Waals surface area contributed by atoms with Gasteiger partial charge in [0.2, 0.25) is 0 Å². The van der Waals surface area contributed by atoms with Crippen molar-refractivity contribution in [2.24, 2.45) is 0 Å². The van der Waals surface area contributed by atoms with E-state index in [4.69, 9.17) is 5.41 Å². The van der Waals surface area contributed by atoms with Crippen molar-refractivity contribution in [3.05, 3.63) is 12.3 Å². The van der Waals surface area contributed by atoms with E-state index in [1.165, 1.54) is 0 Å². The maximum Gasteiger partial charge on any atom is 0.153 e. The molecule has 0 saturated heterocycles. The molecule has 1 heterocycles. The smallest absolute Gasteiger partial charge is 0.153 e. The summed E-state index contributed by atoms with van der Waals surface area (Å²) < 4.78 is 0. The van der Waals surface area contributed by atoms with Crippen molar-refractivity contribution in [3.8, 4) is 0 Å². The van der Waals surface area contributed by atoms with Gasteiger partial charge in [-0.05, 0) is 6.42 Å². The van der Waals surface area contributed by atoms with Crippen LogP contribution in [0.2, 0.25) is 0 Å². The average molecular weight is 189 g/mol. The Balaban J connectivity index is 0.00000121. The summed E-state index contributed by atoms with van der Waals surface area (Å²) in [7, 11) is 0. The molecule has 5 heteroatoms. The number of amidine groups is 1. The molecule has 1 aromatic rings. The van der Waals surface area contributed by atoms with E-state index in [-0.39, 0.29) is 12.4 Å². The van der Waals surface area contributed by atoms with Gasteiger partial charge in [-0.3, -0.25) is 10.5 Å². The summed E-state index contributed by atoms with van der Waals surface area (Å²) in [5.74, 6) is 1.23. The molecule has 1 aromatic heterocycles. The van der Waals surface area contributed by atoms with E-state index in [1.807, 2.05) is 6.92 Å². The van der Waals surface area contributed by atoms with Crippen LogP contribution >= 0.6 is 12.4 Å². The van der Waals surface area contributed by atoms with Gasteiger partial charge in [-0.1, -0.05) is 6.92 Å². The van der Waals surface area contributed by atoms with Gasteiger partial charge < -0.3 is 5.32 Å². The van der Waals surface area contributed by atoms with Crippen LogP contribution in [0, 0.1) is 5.41 Å². The normalized spacial score (nSPS) is 8.75. The number of aromatic nitrogens is 2. The highest BCUT2D eigenvalue weighted by Crippen LogP contribution is 2.00. The number of aromatic amines is 1. The van der Waals surface area contributed by atoms with Crippen LogP contribution in [0.4, 0.5) is 5.82 Å². The topological polar surface area (TPSA) is 64.6 Å². The van der Waals surface area contributed by atoms with E-state index < -0.39 is 0 Å². The summed E-state index contributed by atoms with van der Waals surface area (Å²) in [5.41, 5.74) is 0. The molecule has 1 rings (SSSR count). The molecule has 0 amide bonds. The molecule has 0 spiro atoms. The predicted molar refractivity (Wildman–Crippen MR) is 52.1 cm³/mol. The Labute approximate surface area is 77.7 Å². The van der Waals surface area contributed by atoms with Crippen molar-refractivity contribution in [3.63, 3.8) is 0 Å². The van der Waals surface area contributed by atoms with E-state index in [2.05, 4.69) is 15.5 Å². The second-order valence-corrected chi connectivity index (χ2v) is 2.31. The molecule has 0 radical (unpaired) electrons. The standard InChI is InChI=1S/C7H12N4.ClH/c1-2-3-6(8)10-7-4-5-9-11-7;/h4-5H,2-3H2,1H3,(H3,8,9,10,11);1H. The van der Waals surface area contributed by atoms with E-state index in [0.29, 0.717) is 11.7 Å². The van der Waals surface area contributed by atoms with Crippen molar-refractivity contribution in [1.82, 2.24) is 10.2 Å². The number of hydrogen-bond donors (Lipinski definition) is 3. The Kier molecular flexibility index (Phi) is 5.12. The molecule has 0 bridgehead atoms. The van der Waals surface area contributed by atoms with Gasteiger partial charge in [-0.15, -0.1) is 12.4 Å². The summed E-state index contributed by atoms with van der Waals surface area (Å²) in [4.78, 5) is 0. The Morgan fingerprint density at radius 3 is 3.00 bits per heavy atom. The van der Waals surface area contributed by atoms with Crippen LogP contribution in [0.5, 0.6) is 0 Å². The molecule has 0 saturated carbocycles. The highest BCUT2D eigenvalue weighted by atomic mass is 35.5. The third-order valence-corrected chi connectivity index (χ3v) is 1.28. The zero-order valence-corrected chi connectivity index (χ0v) is 7.74. The van der Waals surface area contributed by atoms with Gasteiger partial charge in [-0.25, -0.2) is 0 Å². The summed E-state index contributed by atoms with van der Waals surface area (Å²) in [5, 5.41) is 16.8. The number of H-pyrrole nitrogens is 1. The van der Waals surface area contributed by atoms with Crippen molar-refractivity contribution in [2.45, 2.75) is 19.8 Å². The number of nitrogens with one attached hydrogen (secondary N) is 3. The fraction of sp³-hybridized carbons (Fsp3) is 0.429. The maximum absolute atomic E-state index is 7.40. The van der Waals surface area contributed by atoms with Crippen molar-refractivity contribution < 1.29 is 0 Å². The average Bonchev–Trinajstić information content (AvgIpc) is 2.40. The van der Waals surface area contributed by atoms with Gasteiger partial charge in [0.15, 0.2) is 5.82 Å². The minimum Gasteiger partial charge on any atom is -0.327 e. The Hall–Kier alpha value is -1.03. The first-order valence-corrected chi connectivity index (χ1v) is 3.67. The number of anilines is 1. The Morgan fingerprint density at radius 1 is 1.75 bits per heavy atom. The largest absolute Gasteiger partial charge is 0.327 e. The summed E-state index contributed by atoms with van der Waals surface area (Å²) in [6.07, 6.45) is 3.48. The van der Waals surface area contributed by atoms with Gasteiger partial charge in [0.05, 0.1) is 5.84 Å². The van der Waals surface area contributed by atoms with Gasteiger partial charge in [0.1, 0.15) is 0 Å². The van der Waals surface area contributed by atoms with Crippen LogP contribution < -0.4 is 5.32 Å². The Morgan fingerprint density at radius 2 is 2.50 bits per heavy atom. The van der Waals surface area contributed by atoms with E-state index in [1.54, 1.807) is 12.3 Å². The lowest BCUT2D eigenvalue weighted by atomic mass is 10.3.